The number of carbonyl (C=O) groups is 1. The third-order valence-corrected chi connectivity index (χ3v) is 5.94. The molecule has 0 unspecified atom stereocenters. The zero-order valence-electron chi connectivity index (χ0n) is 13.8. The molecule has 0 radical (unpaired) electrons. The topological polar surface area (TPSA) is 71.5 Å². The number of hydrogen-bond acceptors (Lipinski definition) is 7. The van der Waals surface area contributed by atoms with Gasteiger partial charge in [-0.25, -0.2) is 15.0 Å². The number of thiazole rings is 1. The highest BCUT2D eigenvalue weighted by Gasteiger charge is 2.44. The highest BCUT2D eigenvalue weighted by atomic mass is 32.1. The molecule has 0 aliphatic carbocycles. The van der Waals surface area contributed by atoms with Gasteiger partial charge in [-0.05, 0) is 12.8 Å². The first-order chi connectivity index (χ1) is 12.3. The van der Waals surface area contributed by atoms with Gasteiger partial charge in [-0.15, -0.1) is 11.3 Å². The number of morpholine rings is 1. The SMILES string of the molecule is O=C(c1cscn1)N1[C@H]2CC[C@H]1c1cnc(N3CCOCC3)nc1C2. The summed E-state index contributed by atoms with van der Waals surface area (Å²) in [4.78, 5) is 30.7. The molecule has 130 valence electrons. The summed E-state index contributed by atoms with van der Waals surface area (Å²) < 4.78 is 5.41. The van der Waals surface area contributed by atoms with Gasteiger partial charge in [-0.2, -0.15) is 0 Å². The van der Waals surface area contributed by atoms with E-state index in [-0.39, 0.29) is 18.0 Å². The van der Waals surface area contributed by atoms with Crippen molar-refractivity contribution in [3.05, 3.63) is 34.0 Å². The first kappa shape index (κ1) is 15.2. The maximum atomic E-state index is 12.9. The maximum Gasteiger partial charge on any atom is 0.274 e. The maximum absolute atomic E-state index is 12.9. The van der Waals surface area contributed by atoms with Crippen molar-refractivity contribution in [3.8, 4) is 0 Å². The molecule has 0 spiro atoms. The number of anilines is 1. The van der Waals surface area contributed by atoms with Gasteiger partial charge in [0.05, 0.1) is 30.5 Å². The first-order valence-corrected chi connectivity index (χ1v) is 9.65. The molecule has 5 rings (SSSR count). The summed E-state index contributed by atoms with van der Waals surface area (Å²) >= 11 is 1.46. The Labute approximate surface area is 149 Å². The monoisotopic (exact) mass is 357 g/mol. The number of hydrogen-bond donors (Lipinski definition) is 0. The van der Waals surface area contributed by atoms with Crippen LogP contribution >= 0.6 is 11.3 Å². The molecule has 5 heterocycles. The third kappa shape index (κ3) is 2.51. The second-order valence-electron chi connectivity index (χ2n) is 6.71. The smallest absolute Gasteiger partial charge is 0.274 e. The van der Waals surface area contributed by atoms with Crippen LogP contribution in [0.15, 0.2) is 17.1 Å². The predicted octanol–water partition coefficient (Wildman–Crippen LogP) is 1.67. The van der Waals surface area contributed by atoms with Crippen LogP contribution in [0, 0.1) is 0 Å². The number of ether oxygens (including phenoxy) is 1. The molecule has 0 saturated carbocycles. The molecule has 0 N–H and O–H groups in total. The van der Waals surface area contributed by atoms with Gasteiger partial charge in [0, 0.05) is 42.7 Å². The molecule has 25 heavy (non-hydrogen) atoms. The fourth-order valence-electron chi connectivity index (χ4n) is 4.14. The molecule has 3 aliphatic rings. The van der Waals surface area contributed by atoms with E-state index in [2.05, 4.69) is 14.9 Å². The van der Waals surface area contributed by atoms with Crippen molar-refractivity contribution in [3.63, 3.8) is 0 Å². The van der Waals surface area contributed by atoms with Gasteiger partial charge in [0.1, 0.15) is 5.69 Å². The van der Waals surface area contributed by atoms with Crippen LogP contribution in [0.2, 0.25) is 0 Å². The summed E-state index contributed by atoms with van der Waals surface area (Å²) in [7, 11) is 0. The summed E-state index contributed by atoms with van der Waals surface area (Å²) in [6, 6.07) is 0.306. The predicted molar refractivity (Wildman–Crippen MR) is 92.8 cm³/mol. The summed E-state index contributed by atoms with van der Waals surface area (Å²) in [5.41, 5.74) is 4.47. The molecular weight excluding hydrogens is 338 g/mol. The molecule has 2 aromatic heterocycles. The Balaban J connectivity index is 1.45. The van der Waals surface area contributed by atoms with Crippen molar-refractivity contribution in [2.75, 3.05) is 31.2 Å². The second kappa shape index (κ2) is 6.03. The Bertz CT molecular complexity index is 790. The van der Waals surface area contributed by atoms with E-state index >= 15 is 0 Å². The normalized spacial score (nSPS) is 25.1. The van der Waals surface area contributed by atoms with E-state index < -0.39 is 0 Å². The van der Waals surface area contributed by atoms with Crippen molar-refractivity contribution in [1.82, 2.24) is 19.9 Å². The van der Waals surface area contributed by atoms with Crippen LogP contribution in [-0.4, -0.2) is 58.1 Å². The fourth-order valence-corrected chi connectivity index (χ4v) is 4.67. The van der Waals surface area contributed by atoms with Crippen LogP contribution in [0.25, 0.3) is 0 Å². The lowest BCUT2D eigenvalue weighted by Crippen LogP contribution is -2.43. The van der Waals surface area contributed by atoms with Crippen LogP contribution in [0.1, 0.15) is 40.6 Å². The Morgan fingerprint density at radius 3 is 2.92 bits per heavy atom. The molecule has 2 saturated heterocycles. The average molecular weight is 357 g/mol. The fraction of sp³-hybridized carbons (Fsp3) is 0.529. The van der Waals surface area contributed by atoms with E-state index in [1.54, 1.807) is 5.51 Å². The molecule has 1 amide bonds. The number of fused-ring (bicyclic) bond motifs is 4. The minimum Gasteiger partial charge on any atom is -0.378 e. The van der Waals surface area contributed by atoms with E-state index in [4.69, 9.17) is 9.72 Å². The zero-order chi connectivity index (χ0) is 16.8. The molecule has 7 nitrogen and oxygen atoms in total. The summed E-state index contributed by atoms with van der Waals surface area (Å²) in [6.07, 6.45) is 4.74. The second-order valence-corrected chi connectivity index (χ2v) is 7.43. The average Bonchev–Trinajstić information content (AvgIpc) is 3.29. The standard InChI is InChI=1S/C17H19N5O2S/c23-16(14-9-25-10-19-14)22-11-1-2-15(22)12-8-18-17(20-13(12)7-11)21-3-5-24-6-4-21/h8-11,15H,1-7H2/t11-,15-/m0/s1. The summed E-state index contributed by atoms with van der Waals surface area (Å²) in [6.45, 7) is 3.11. The van der Waals surface area contributed by atoms with E-state index in [0.29, 0.717) is 5.69 Å². The summed E-state index contributed by atoms with van der Waals surface area (Å²) in [5, 5.41) is 1.83. The molecule has 2 fully saturated rings. The lowest BCUT2D eigenvalue weighted by Gasteiger charge is -2.36. The molecule has 8 heteroatoms. The van der Waals surface area contributed by atoms with Crippen molar-refractivity contribution in [1.29, 1.82) is 0 Å². The lowest BCUT2D eigenvalue weighted by atomic mass is 9.99. The summed E-state index contributed by atoms with van der Waals surface area (Å²) in [5.74, 6) is 0.831. The van der Waals surface area contributed by atoms with Gasteiger partial charge in [0.15, 0.2) is 0 Å². The highest BCUT2D eigenvalue weighted by molar-refractivity contribution is 7.07. The Kier molecular flexibility index (Phi) is 3.67. The van der Waals surface area contributed by atoms with Crippen molar-refractivity contribution in [2.45, 2.75) is 31.3 Å². The quantitative estimate of drug-likeness (QED) is 0.814. The Hall–Kier alpha value is -2.06. The molecular formula is C17H19N5O2S. The third-order valence-electron chi connectivity index (χ3n) is 5.36. The highest BCUT2D eigenvalue weighted by Crippen LogP contribution is 2.43. The van der Waals surface area contributed by atoms with Crippen LogP contribution in [0.3, 0.4) is 0 Å². The zero-order valence-corrected chi connectivity index (χ0v) is 14.6. The van der Waals surface area contributed by atoms with Gasteiger partial charge in [-0.3, -0.25) is 4.79 Å². The van der Waals surface area contributed by atoms with Crippen LogP contribution < -0.4 is 4.90 Å². The molecule has 2 atom stereocenters. The van der Waals surface area contributed by atoms with Crippen molar-refractivity contribution in [2.24, 2.45) is 0 Å². The van der Waals surface area contributed by atoms with Gasteiger partial charge < -0.3 is 14.5 Å². The van der Waals surface area contributed by atoms with Crippen molar-refractivity contribution >= 4 is 23.2 Å². The van der Waals surface area contributed by atoms with Gasteiger partial charge in [-0.1, -0.05) is 0 Å². The number of nitrogens with zero attached hydrogens (tertiary/aromatic N) is 5. The number of rotatable bonds is 2. The molecule has 3 aliphatic heterocycles. The largest absolute Gasteiger partial charge is 0.378 e. The van der Waals surface area contributed by atoms with Crippen LogP contribution in [0.4, 0.5) is 5.95 Å². The molecule has 2 aromatic rings. The van der Waals surface area contributed by atoms with E-state index in [0.717, 1.165) is 62.8 Å². The first-order valence-electron chi connectivity index (χ1n) is 8.70. The minimum atomic E-state index is 0.0386. The van der Waals surface area contributed by atoms with Crippen LogP contribution in [-0.2, 0) is 11.2 Å². The van der Waals surface area contributed by atoms with E-state index in [1.165, 1.54) is 11.3 Å². The molecule has 2 bridgehead atoms. The molecule has 0 aromatic carbocycles. The van der Waals surface area contributed by atoms with E-state index in [9.17, 15) is 4.79 Å². The van der Waals surface area contributed by atoms with Gasteiger partial charge >= 0.3 is 0 Å². The number of carbonyl (C=O) groups excluding carboxylic acids is 1. The minimum absolute atomic E-state index is 0.0386. The van der Waals surface area contributed by atoms with Gasteiger partial charge in [0.25, 0.3) is 5.91 Å². The lowest BCUT2D eigenvalue weighted by molar-refractivity contribution is 0.0638. The Morgan fingerprint density at radius 1 is 1.24 bits per heavy atom. The van der Waals surface area contributed by atoms with Crippen molar-refractivity contribution < 1.29 is 9.53 Å². The Morgan fingerprint density at radius 2 is 2.12 bits per heavy atom. The number of amides is 1. The number of aromatic nitrogens is 3. The van der Waals surface area contributed by atoms with Gasteiger partial charge in [0.2, 0.25) is 5.95 Å². The van der Waals surface area contributed by atoms with E-state index in [1.807, 2.05) is 16.5 Å². The van der Waals surface area contributed by atoms with Crippen LogP contribution in [0.5, 0.6) is 0 Å².